The molecule has 1 aliphatic rings. The summed E-state index contributed by atoms with van der Waals surface area (Å²) < 4.78 is 3.63. The minimum absolute atomic E-state index is 0.757. The smallest absolute Gasteiger partial charge is 0.235 e. The van der Waals surface area contributed by atoms with E-state index in [0.29, 0.717) is 0 Å². The molecule has 4 aromatic carbocycles. The fraction of sp³-hybridized carbons (Fsp3) is 0.0667. The van der Waals surface area contributed by atoms with Crippen LogP contribution >= 0.6 is 11.3 Å². The quantitative estimate of drug-likeness (QED) is 0.248. The molecule has 0 saturated heterocycles. The molecule has 1 aliphatic carbocycles. The highest BCUT2D eigenvalue weighted by molar-refractivity contribution is 7.18. The topological polar surface area (TPSA) is 30.7 Å². The highest BCUT2D eigenvalue weighted by Crippen LogP contribution is 2.43. The first kappa shape index (κ1) is 18.4. The normalized spacial score (nSPS) is 13.5. The minimum atomic E-state index is 0.757. The van der Waals surface area contributed by atoms with Crippen LogP contribution in [0.5, 0.6) is 0 Å². The number of nitrogens with zero attached hydrogens (tertiary/aromatic N) is 3. The molecule has 3 aromatic heterocycles. The lowest BCUT2D eigenvalue weighted by Gasteiger charge is -2.17. The number of thiophene rings is 1. The van der Waals surface area contributed by atoms with Crippen molar-refractivity contribution in [2.24, 2.45) is 0 Å². The van der Waals surface area contributed by atoms with Crippen LogP contribution in [0.2, 0.25) is 0 Å². The van der Waals surface area contributed by atoms with Gasteiger partial charge in [-0.15, -0.1) is 11.3 Å². The van der Waals surface area contributed by atoms with Crippen LogP contribution in [0.1, 0.15) is 17.7 Å². The Balaban J connectivity index is 1.55. The summed E-state index contributed by atoms with van der Waals surface area (Å²) in [4.78, 5) is 10.4. The van der Waals surface area contributed by atoms with Crippen LogP contribution < -0.4 is 0 Å². The minimum Gasteiger partial charge on any atom is -0.278 e. The van der Waals surface area contributed by atoms with Crippen molar-refractivity contribution in [3.8, 4) is 17.2 Å². The van der Waals surface area contributed by atoms with Crippen molar-refractivity contribution in [2.75, 3.05) is 0 Å². The Kier molecular flexibility index (Phi) is 3.65. The standard InChI is InChI=1S/C30H19N3S/c1-2-7-19(8-3-1)28-21-10-4-5-11-23(21)31-30(32-28)33-24-12-6-9-18-13-14-22-27(26(18)24)25(33)17-20-15-16-34-29(20)22/h1-4,6-10,12-17H,5,11H2. The first-order valence-corrected chi connectivity index (χ1v) is 12.5. The molecule has 34 heavy (non-hydrogen) atoms. The van der Waals surface area contributed by atoms with E-state index in [-0.39, 0.29) is 0 Å². The van der Waals surface area contributed by atoms with E-state index < -0.39 is 0 Å². The Morgan fingerprint density at radius 1 is 0.794 bits per heavy atom. The molecule has 0 radical (unpaired) electrons. The zero-order valence-electron chi connectivity index (χ0n) is 18.3. The molecular weight excluding hydrogens is 434 g/mol. The predicted molar refractivity (Wildman–Crippen MR) is 143 cm³/mol. The van der Waals surface area contributed by atoms with Gasteiger partial charge in [0.05, 0.1) is 22.4 Å². The fourth-order valence-corrected chi connectivity index (χ4v) is 6.51. The molecule has 0 bridgehead atoms. The van der Waals surface area contributed by atoms with E-state index in [0.717, 1.165) is 41.3 Å². The number of aryl methyl sites for hydroxylation is 1. The maximum Gasteiger partial charge on any atom is 0.235 e. The molecule has 0 spiro atoms. The summed E-state index contributed by atoms with van der Waals surface area (Å²) in [6.07, 6.45) is 6.38. The maximum absolute atomic E-state index is 5.23. The van der Waals surface area contributed by atoms with Crippen LogP contribution in [-0.4, -0.2) is 14.5 Å². The third-order valence-corrected chi connectivity index (χ3v) is 8.05. The maximum atomic E-state index is 5.23. The Bertz CT molecular complexity index is 1910. The van der Waals surface area contributed by atoms with Crippen molar-refractivity contribution >= 4 is 60.1 Å². The van der Waals surface area contributed by atoms with E-state index in [1.54, 1.807) is 0 Å². The second kappa shape index (κ2) is 6.75. The lowest BCUT2D eigenvalue weighted by Crippen LogP contribution is -2.09. The molecule has 4 heteroatoms. The van der Waals surface area contributed by atoms with Crippen LogP contribution in [0.25, 0.3) is 65.9 Å². The van der Waals surface area contributed by atoms with Crippen LogP contribution in [-0.2, 0) is 6.42 Å². The van der Waals surface area contributed by atoms with Gasteiger partial charge < -0.3 is 0 Å². The molecule has 0 atom stereocenters. The molecule has 0 fully saturated rings. The van der Waals surface area contributed by atoms with E-state index in [1.807, 2.05) is 11.3 Å². The molecule has 0 aliphatic heterocycles. The Morgan fingerprint density at radius 2 is 1.74 bits per heavy atom. The molecule has 7 aromatic rings. The average Bonchev–Trinajstić information content (AvgIpc) is 3.50. The van der Waals surface area contributed by atoms with Crippen LogP contribution in [0.3, 0.4) is 0 Å². The zero-order valence-corrected chi connectivity index (χ0v) is 19.1. The van der Waals surface area contributed by atoms with Gasteiger partial charge in [-0.1, -0.05) is 66.7 Å². The molecule has 3 nitrogen and oxygen atoms in total. The van der Waals surface area contributed by atoms with Gasteiger partial charge in [-0.25, -0.2) is 9.97 Å². The summed E-state index contributed by atoms with van der Waals surface area (Å²) in [6, 6.07) is 26.1. The number of hydrogen-bond acceptors (Lipinski definition) is 3. The number of aromatic nitrogens is 3. The number of benzene rings is 4. The molecular formula is C30H19N3S. The number of hydrogen-bond donors (Lipinski definition) is 0. The Morgan fingerprint density at radius 3 is 2.68 bits per heavy atom. The third kappa shape index (κ3) is 2.41. The summed E-state index contributed by atoms with van der Waals surface area (Å²) in [5.41, 5.74) is 6.76. The molecule has 3 heterocycles. The highest BCUT2D eigenvalue weighted by Gasteiger charge is 2.22. The number of allylic oxidation sites excluding steroid dienone is 1. The van der Waals surface area contributed by atoms with Gasteiger partial charge in [0.2, 0.25) is 5.95 Å². The van der Waals surface area contributed by atoms with Crippen molar-refractivity contribution in [3.63, 3.8) is 0 Å². The van der Waals surface area contributed by atoms with Crippen molar-refractivity contribution < 1.29 is 0 Å². The third-order valence-electron chi connectivity index (χ3n) is 7.09. The summed E-state index contributed by atoms with van der Waals surface area (Å²) >= 11 is 1.82. The number of fused-ring (bicyclic) bond motifs is 3. The lowest BCUT2D eigenvalue weighted by molar-refractivity contribution is 0.878. The highest BCUT2D eigenvalue weighted by atomic mass is 32.1. The second-order valence-electron chi connectivity index (χ2n) is 8.97. The molecule has 0 N–H and O–H groups in total. The SMILES string of the molecule is C1=Cc2c(nc(-n3c4cccc5ccc6c7sccc7cc3c6c54)nc2-c2ccccc2)CC1. The molecule has 0 unspecified atom stereocenters. The molecule has 0 saturated carbocycles. The Hall–Kier alpha value is -4.02. The zero-order chi connectivity index (χ0) is 22.2. The van der Waals surface area contributed by atoms with Crippen molar-refractivity contribution in [1.82, 2.24) is 14.5 Å². The summed E-state index contributed by atoms with van der Waals surface area (Å²) in [7, 11) is 0. The predicted octanol–water partition coefficient (Wildman–Crippen LogP) is 8.01. The van der Waals surface area contributed by atoms with E-state index in [2.05, 4.69) is 94.9 Å². The van der Waals surface area contributed by atoms with Gasteiger partial charge in [0.1, 0.15) is 0 Å². The van der Waals surface area contributed by atoms with Gasteiger partial charge >= 0.3 is 0 Å². The number of rotatable bonds is 2. The largest absolute Gasteiger partial charge is 0.278 e. The van der Waals surface area contributed by atoms with Gasteiger partial charge in [0, 0.05) is 32.0 Å². The van der Waals surface area contributed by atoms with Crippen molar-refractivity contribution in [3.05, 3.63) is 95.5 Å². The van der Waals surface area contributed by atoms with Gasteiger partial charge in [0.15, 0.2) is 0 Å². The van der Waals surface area contributed by atoms with Crippen LogP contribution in [0, 0.1) is 0 Å². The molecule has 0 amide bonds. The van der Waals surface area contributed by atoms with Crippen LogP contribution in [0.15, 0.2) is 84.3 Å². The van der Waals surface area contributed by atoms with Gasteiger partial charge in [-0.05, 0) is 47.2 Å². The van der Waals surface area contributed by atoms with Crippen molar-refractivity contribution in [2.45, 2.75) is 12.8 Å². The summed E-state index contributed by atoms with van der Waals surface area (Å²) in [6.45, 7) is 0. The first-order chi connectivity index (χ1) is 16.9. The molecule has 8 rings (SSSR count). The van der Waals surface area contributed by atoms with E-state index in [4.69, 9.17) is 9.97 Å². The van der Waals surface area contributed by atoms with Crippen molar-refractivity contribution in [1.29, 1.82) is 0 Å². The summed E-state index contributed by atoms with van der Waals surface area (Å²) in [5, 5.41) is 8.64. The second-order valence-corrected chi connectivity index (χ2v) is 9.89. The fourth-order valence-electron chi connectivity index (χ4n) is 5.60. The van der Waals surface area contributed by atoms with Gasteiger partial charge in [0.25, 0.3) is 0 Å². The first-order valence-electron chi connectivity index (χ1n) is 11.7. The van der Waals surface area contributed by atoms with E-state index >= 15 is 0 Å². The van der Waals surface area contributed by atoms with Crippen LogP contribution in [0.4, 0.5) is 0 Å². The van der Waals surface area contributed by atoms with Gasteiger partial charge in [-0.3, -0.25) is 4.57 Å². The Labute approximate surface area is 200 Å². The van der Waals surface area contributed by atoms with E-state index in [9.17, 15) is 0 Å². The summed E-state index contributed by atoms with van der Waals surface area (Å²) in [5.74, 6) is 0.757. The lowest BCUT2D eigenvalue weighted by atomic mass is 9.98. The van der Waals surface area contributed by atoms with E-state index in [1.165, 1.54) is 42.7 Å². The molecule has 160 valence electrons. The van der Waals surface area contributed by atoms with Gasteiger partial charge in [-0.2, -0.15) is 0 Å². The average molecular weight is 454 g/mol. The monoisotopic (exact) mass is 453 g/mol.